The predicted octanol–water partition coefficient (Wildman–Crippen LogP) is -0.623. The Hall–Kier alpha value is -0.790. The molecule has 0 bridgehead atoms. The number of nitrogens with zero attached hydrogens (tertiary/aromatic N) is 1. The number of hydrogen-bond donors (Lipinski definition) is 2. The molecule has 3 unspecified atom stereocenters. The Bertz CT molecular complexity index is 299. The van der Waals surface area contributed by atoms with E-state index in [2.05, 4.69) is 15.4 Å². The molecule has 15 heavy (non-hydrogen) atoms. The molecule has 0 aromatic heterocycles. The molecule has 0 aliphatic carbocycles. The summed E-state index contributed by atoms with van der Waals surface area (Å²) in [5.74, 6) is -0.779. The quantitative estimate of drug-likeness (QED) is 0.463. The lowest BCUT2D eigenvalue weighted by Crippen LogP contribution is -2.68. The van der Waals surface area contributed by atoms with E-state index in [1.165, 1.54) is 4.90 Å². The topological polar surface area (TPSA) is 70.7 Å². The molecule has 2 fully saturated rings. The van der Waals surface area contributed by atoms with E-state index in [-0.39, 0.29) is 17.6 Å². The first-order valence-corrected chi connectivity index (χ1v) is 5.93. The van der Waals surface area contributed by atoms with Crippen molar-refractivity contribution in [2.75, 3.05) is 19.8 Å². The van der Waals surface area contributed by atoms with Crippen LogP contribution in [0.2, 0.25) is 0 Å². The highest BCUT2D eigenvalue weighted by Crippen LogP contribution is 2.21. The van der Waals surface area contributed by atoms with Gasteiger partial charge in [-0.05, 0) is 6.26 Å². The zero-order valence-corrected chi connectivity index (χ0v) is 9.34. The third kappa shape index (κ3) is 1.82. The number of hydrogen-bond acceptors (Lipinski definition) is 6. The minimum atomic E-state index is -0.587. The number of cyclic esters (lactones) is 2. The Morgan fingerprint density at radius 3 is 2.93 bits per heavy atom. The Labute approximate surface area is 91.7 Å². The maximum atomic E-state index is 11.4. The van der Waals surface area contributed by atoms with Crippen molar-refractivity contribution in [3.8, 4) is 0 Å². The van der Waals surface area contributed by atoms with Crippen LogP contribution in [-0.2, 0) is 9.53 Å². The van der Waals surface area contributed by atoms with E-state index in [0.717, 1.165) is 0 Å². The maximum Gasteiger partial charge on any atom is 0.418 e. The smallest absolute Gasteiger partial charge is 0.376 e. The van der Waals surface area contributed by atoms with E-state index < -0.39 is 12.1 Å². The number of esters is 1. The van der Waals surface area contributed by atoms with E-state index in [0.29, 0.717) is 6.54 Å². The number of amides is 1. The molecule has 0 aromatic rings. The van der Waals surface area contributed by atoms with Crippen LogP contribution in [0.25, 0.3) is 0 Å². The molecule has 2 N–H and O–H groups in total. The van der Waals surface area contributed by atoms with Crippen LogP contribution in [0.15, 0.2) is 0 Å². The first kappa shape index (κ1) is 10.7. The lowest BCUT2D eigenvalue weighted by atomic mass is 10.0. The molecule has 0 radical (unpaired) electrons. The van der Waals surface area contributed by atoms with Gasteiger partial charge in [0, 0.05) is 13.6 Å². The fraction of sp³-hybridized carbons (Fsp3) is 0.750. The monoisotopic (exact) mass is 231 g/mol. The van der Waals surface area contributed by atoms with Gasteiger partial charge in [-0.1, -0.05) is 0 Å². The summed E-state index contributed by atoms with van der Waals surface area (Å²) in [5, 5.41) is 6.32. The molecule has 0 spiro atoms. The number of ether oxygens (including phenoxy) is 1. The van der Waals surface area contributed by atoms with E-state index in [4.69, 9.17) is 0 Å². The Morgan fingerprint density at radius 1 is 1.53 bits per heavy atom. The summed E-state index contributed by atoms with van der Waals surface area (Å²) >= 11 is 1.59. The average molecular weight is 231 g/mol. The highest BCUT2D eigenvalue weighted by molar-refractivity contribution is 7.99. The minimum absolute atomic E-state index is 0.0624. The summed E-state index contributed by atoms with van der Waals surface area (Å²) in [5.41, 5.74) is 0.0624. The summed E-state index contributed by atoms with van der Waals surface area (Å²) in [6.45, 7) is 0.527. The van der Waals surface area contributed by atoms with Gasteiger partial charge in [-0.25, -0.2) is 4.79 Å². The molecule has 2 aliphatic heterocycles. The van der Waals surface area contributed by atoms with Crippen LogP contribution < -0.4 is 10.6 Å². The van der Waals surface area contributed by atoms with Crippen molar-refractivity contribution in [3.63, 3.8) is 0 Å². The molecular formula is C8H13N3O3S. The van der Waals surface area contributed by atoms with Gasteiger partial charge in [0.05, 0.1) is 0 Å². The third-order valence-corrected chi connectivity index (χ3v) is 3.43. The molecule has 1 amide bonds. The van der Waals surface area contributed by atoms with Crippen molar-refractivity contribution in [2.24, 2.45) is 5.92 Å². The standard InChI is InChI=1S/C8H13N3O3S/c1-11-5-4(6(12)14-8(11)13)3-9-7(10-5)15-2/h4-5,7,9-10H,3H2,1-2H3. The van der Waals surface area contributed by atoms with Crippen LogP contribution in [0.5, 0.6) is 0 Å². The van der Waals surface area contributed by atoms with Crippen LogP contribution in [0.3, 0.4) is 0 Å². The number of nitrogens with one attached hydrogen (secondary N) is 2. The molecule has 0 aromatic carbocycles. The zero-order valence-electron chi connectivity index (χ0n) is 8.52. The number of fused-ring (bicyclic) bond motifs is 1. The van der Waals surface area contributed by atoms with Crippen molar-refractivity contribution >= 4 is 23.8 Å². The molecule has 84 valence electrons. The summed E-state index contributed by atoms with van der Waals surface area (Å²) in [7, 11) is 1.63. The van der Waals surface area contributed by atoms with Crippen LogP contribution in [0, 0.1) is 5.92 Å². The number of carbonyl (C=O) groups is 2. The van der Waals surface area contributed by atoms with Gasteiger partial charge in [0.15, 0.2) is 0 Å². The van der Waals surface area contributed by atoms with Crippen molar-refractivity contribution < 1.29 is 14.3 Å². The summed E-state index contributed by atoms with van der Waals surface area (Å²) in [6.07, 6.45) is 1.10. The van der Waals surface area contributed by atoms with Crippen LogP contribution in [-0.4, -0.2) is 48.5 Å². The van der Waals surface area contributed by atoms with Gasteiger partial charge in [0.2, 0.25) is 0 Å². The SMILES string of the molecule is CSC1NCC2C(=O)OC(=O)N(C)C2N1. The molecule has 2 saturated heterocycles. The number of rotatable bonds is 1. The van der Waals surface area contributed by atoms with E-state index in [9.17, 15) is 9.59 Å². The van der Waals surface area contributed by atoms with Crippen LogP contribution in [0.1, 0.15) is 0 Å². The van der Waals surface area contributed by atoms with Crippen LogP contribution >= 0.6 is 11.8 Å². The van der Waals surface area contributed by atoms with Gasteiger partial charge in [0.25, 0.3) is 0 Å². The van der Waals surface area contributed by atoms with Crippen molar-refractivity contribution in [3.05, 3.63) is 0 Å². The van der Waals surface area contributed by atoms with E-state index in [1.54, 1.807) is 18.8 Å². The molecular weight excluding hydrogens is 218 g/mol. The van der Waals surface area contributed by atoms with Crippen molar-refractivity contribution in [2.45, 2.75) is 11.7 Å². The molecule has 3 atom stereocenters. The molecule has 7 heteroatoms. The average Bonchev–Trinajstić information content (AvgIpc) is 2.25. The van der Waals surface area contributed by atoms with Gasteiger partial charge in [-0.15, -0.1) is 11.8 Å². The molecule has 2 heterocycles. The van der Waals surface area contributed by atoms with Crippen molar-refractivity contribution in [1.29, 1.82) is 0 Å². The second kappa shape index (κ2) is 3.99. The lowest BCUT2D eigenvalue weighted by Gasteiger charge is -2.43. The fourth-order valence-corrected chi connectivity index (χ4v) is 2.31. The van der Waals surface area contributed by atoms with E-state index in [1.807, 2.05) is 6.26 Å². The van der Waals surface area contributed by atoms with Gasteiger partial charge in [-0.3, -0.25) is 20.3 Å². The molecule has 0 saturated carbocycles. The Morgan fingerprint density at radius 2 is 2.27 bits per heavy atom. The summed E-state index contributed by atoms with van der Waals surface area (Å²) < 4.78 is 4.60. The van der Waals surface area contributed by atoms with Gasteiger partial charge in [-0.2, -0.15) is 0 Å². The lowest BCUT2D eigenvalue weighted by molar-refractivity contribution is -0.152. The largest absolute Gasteiger partial charge is 0.418 e. The Kier molecular flexibility index (Phi) is 2.85. The summed E-state index contributed by atoms with van der Waals surface area (Å²) in [6, 6.07) is 0. The van der Waals surface area contributed by atoms with Crippen molar-refractivity contribution in [1.82, 2.24) is 15.5 Å². The molecule has 2 aliphatic rings. The van der Waals surface area contributed by atoms with Gasteiger partial charge < -0.3 is 4.74 Å². The Balaban J connectivity index is 2.14. The normalized spacial score (nSPS) is 36.1. The minimum Gasteiger partial charge on any atom is -0.376 e. The third-order valence-electron chi connectivity index (χ3n) is 2.66. The fourth-order valence-electron chi connectivity index (χ4n) is 1.77. The predicted molar refractivity (Wildman–Crippen MR) is 55.0 cm³/mol. The molecule has 2 rings (SSSR count). The van der Waals surface area contributed by atoms with Gasteiger partial charge >= 0.3 is 12.1 Å². The first-order chi connectivity index (χ1) is 7.13. The second-order valence-electron chi connectivity index (χ2n) is 3.54. The highest BCUT2D eigenvalue weighted by atomic mass is 32.2. The number of thioether (sulfide) groups is 1. The van der Waals surface area contributed by atoms with Gasteiger partial charge in [0.1, 0.15) is 17.6 Å². The van der Waals surface area contributed by atoms with Crippen LogP contribution in [0.4, 0.5) is 4.79 Å². The summed E-state index contributed by atoms with van der Waals surface area (Å²) in [4.78, 5) is 24.1. The second-order valence-corrected chi connectivity index (χ2v) is 4.48. The highest BCUT2D eigenvalue weighted by Gasteiger charge is 2.44. The molecule has 6 nitrogen and oxygen atoms in total. The first-order valence-electron chi connectivity index (χ1n) is 4.64. The maximum absolute atomic E-state index is 11.4. The van der Waals surface area contributed by atoms with E-state index >= 15 is 0 Å². The number of carbonyl (C=O) groups excluding carboxylic acids is 2. The zero-order chi connectivity index (χ0) is 11.0.